The maximum atomic E-state index is 10.6. The fourth-order valence-electron chi connectivity index (χ4n) is 1.73. The minimum Gasteiger partial charge on any atom is -0.799 e. The Bertz CT molecular complexity index is 570. The third-order valence-electron chi connectivity index (χ3n) is 4.76. The fraction of sp³-hybridized carbons (Fsp3) is 1.00. The van der Waals surface area contributed by atoms with Crippen LogP contribution < -0.4 is 31.5 Å². The largest absolute Gasteiger partial charge is 3.00 e. The molecule has 0 amide bonds. The van der Waals surface area contributed by atoms with Gasteiger partial charge in [-0.05, 0) is 56.2 Å². The molecule has 12 nitrogen and oxygen atoms in total. The Hall–Kier alpha value is 1.13. The van der Waals surface area contributed by atoms with Crippen LogP contribution in [0.5, 0.6) is 0 Å². The van der Waals surface area contributed by atoms with Gasteiger partial charge in [-0.15, -0.1) is 0 Å². The summed E-state index contributed by atoms with van der Waals surface area (Å²) in [5, 5.41) is 3.03. The summed E-state index contributed by atoms with van der Waals surface area (Å²) in [7, 11) is -10.8. The predicted octanol–water partition coefficient (Wildman–Crippen LogP) is 1.70. The van der Waals surface area contributed by atoms with Crippen molar-refractivity contribution in [3.05, 3.63) is 0 Å². The Labute approximate surface area is 243 Å². The second-order valence-electron chi connectivity index (χ2n) is 7.68. The smallest absolute Gasteiger partial charge is 0.799 e. The molecule has 1 heterocycles. The molecule has 0 saturated carbocycles. The summed E-state index contributed by atoms with van der Waals surface area (Å²) < 4.78 is 51.4. The van der Waals surface area contributed by atoms with E-state index in [1.54, 1.807) is 41.5 Å². The van der Waals surface area contributed by atoms with Gasteiger partial charge in [0.25, 0.3) is 0 Å². The molecule has 38 heavy (non-hydrogen) atoms. The zero-order valence-electron chi connectivity index (χ0n) is 24.4. The predicted molar refractivity (Wildman–Crippen MR) is 158 cm³/mol. The van der Waals surface area contributed by atoms with Crippen LogP contribution in [0.4, 0.5) is 0 Å². The van der Waals surface area contributed by atoms with Gasteiger partial charge in [-0.2, -0.15) is 0 Å². The third-order valence-corrected chi connectivity index (χ3v) is 11.4. The van der Waals surface area contributed by atoms with Crippen molar-refractivity contribution < 1.29 is 42.0 Å². The zero-order valence-corrected chi connectivity index (χ0v) is 29.2. The summed E-state index contributed by atoms with van der Waals surface area (Å²) in [6.45, 7) is 14.3. The molecule has 0 radical (unpaired) electrons. The minimum atomic E-state index is -2.90. The quantitative estimate of drug-likeness (QED) is 0.176. The summed E-state index contributed by atoms with van der Waals surface area (Å²) in [6, 6.07) is 0. The molecule has 1 rings (SSSR count). The van der Waals surface area contributed by atoms with Crippen molar-refractivity contribution in [1.29, 1.82) is 0 Å². The molecule has 0 atom stereocenters. The van der Waals surface area contributed by atoms with Gasteiger partial charge in [-0.25, -0.2) is 0 Å². The molecule has 0 unspecified atom stereocenters. The number of nitrogens with one attached hydrogen (secondary N) is 1. The van der Waals surface area contributed by atoms with Crippen molar-refractivity contribution in [2.24, 2.45) is 11.5 Å². The first-order valence-electron chi connectivity index (χ1n) is 12.9. The molecule has 5 N–H and O–H groups in total. The van der Waals surface area contributed by atoms with Crippen molar-refractivity contribution in [3.63, 3.8) is 0 Å². The Morgan fingerprint density at radius 2 is 0.921 bits per heavy atom. The van der Waals surface area contributed by atoms with Gasteiger partial charge in [0.15, 0.2) is 0 Å². The van der Waals surface area contributed by atoms with Gasteiger partial charge in [-0.3, -0.25) is 4.57 Å². The third kappa shape index (κ3) is 44.2. The molecule has 0 spiro atoms. The normalized spacial score (nSPS) is 14.2. The number of hydrogen-bond acceptors (Lipinski definition) is 12. The van der Waals surface area contributed by atoms with Gasteiger partial charge in [0.1, 0.15) is 0 Å². The van der Waals surface area contributed by atoms with E-state index in [1.807, 2.05) is 0 Å². The van der Waals surface area contributed by atoms with Crippen molar-refractivity contribution in [3.8, 4) is 0 Å². The number of rotatable bonds is 10. The van der Waals surface area contributed by atoms with Crippen LogP contribution in [0.25, 0.3) is 0 Å². The van der Waals surface area contributed by atoms with Crippen LogP contribution in [0.2, 0.25) is 0 Å². The van der Waals surface area contributed by atoms with Crippen LogP contribution in [0.1, 0.15) is 60.8 Å². The molecule has 1 saturated heterocycles. The Morgan fingerprint density at radius 3 is 1.11 bits per heavy atom. The van der Waals surface area contributed by atoms with Crippen LogP contribution >= 0.6 is 30.4 Å². The Balaban J connectivity index is -0.000000119. The monoisotopic (exact) mass is 643 g/mol. The first-order valence-corrected chi connectivity index (χ1v) is 20.2. The maximum absolute atomic E-state index is 10.6. The number of hydrogen-bond donors (Lipinski definition) is 3. The Morgan fingerprint density at radius 1 is 0.658 bits per heavy atom. The maximum Gasteiger partial charge on any atom is 3.00 e. The number of nitrogens with two attached hydrogens (primary N) is 2. The first-order chi connectivity index (χ1) is 17.2. The molecular weight excluding hydrogens is 589 g/mol. The average molecular weight is 644 g/mol. The van der Waals surface area contributed by atoms with E-state index in [0.29, 0.717) is 63.3 Å². The van der Waals surface area contributed by atoms with Crippen molar-refractivity contribution in [2.75, 3.05) is 76.4 Å². The second-order valence-corrected chi connectivity index (χ2v) is 17.4. The van der Waals surface area contributed by atoms with Gasteiger partial charge < -0.3 is 54.2 Å². The van der Waals surface area contributed by atoms with E-state index in [9.17, 15) is 32.9 Å². The summed E-state index contributed by atoms with van der Waals surface area (Å²) >= 11 is 0. The van der Waals surface area contributed by atoms with E-state index in [2.05, 4.69) is 5.32 Å². The first kappa shape index (κ1) is 48.8. The van der Waals surface area contributed by atoms with Crippen LogP contribution in [0.3, 0.4) is 0 Å². The fourth-order valence-corrected chi connectivity index (χ4v) is 3.78. The van der Waals surface area contributed by atoms with Crippen LogP contribution in [-0.4, -0.2) is 93.7 Å². The van der Waals surface area contributed by atoms with E-state index >= 15 is 0 Å². The molecule has 1 aliphatic heterocycles. The van der Waals surface area contributed by atoms with Crippen LogP contribution in [0.15, 0.2) is 0 Å². The van der Waals surface area contributed by atoms with Gasteiger partial charge in [0, 0.05) is 48.3 Å². The molecule has 0 aromatic heterocycles. The molecule has 0 aromatic carbocycles. The zero-order chi connectivity index (χ0) is 29.8. The second kappa shape index (κ2) is 32.6. The molecule has 1 fully saturated rings. The molecular formula is C21H54AlN3O9P4. The topological polar surface area (TPSA) is 220 Å². The summed E-state index contributed by atoms with van der Waals surface area (Å²) in [5.41, 5.74) is 10.3. The van der Waals surface area contributed by atoms with Gasteiger partial charge in [0.2, 0.25) is 0 Å². The summed E-state index contributed by atoms with van der Waals surface area (Å²) in [5.74, 6) is 0. The van der Waals surface area contributed by atoms with Crippen molar-refractivity contribution >= 4 is 47.7 Å². The van der Waals surface area contributed by atoms with Crippen molar-refractivity contribution in [1.82, 2.24) is 5.32 Å². The SMILES string of the molecule is CCP(=O)([O-])CC.CCP(=O)([O-])CC.CCP(=O)([O-])CC.NCCNCCN.O=[PH]1OCCCCCO1.[Al+3]. The standard InChI is InChI=1S/C5H11O3P.C4H13N3.3C4H11O2P.Al/c6-9-7-4-2-1-3-5-8-9;5-1-3-7-4-2-6;3*1-3-7(5,6)4-2;/h9H,1-5H2;7H,1-6H2;3*3-4H2,1-2H3,(H,5,6);/q;;;;;+3/p-3. The Kier molecular flexibility index (Phi) is 42.0. The van der Waals surface area contributed by atoms with E-state index < -0.39 is 30.4 Å². The van der Waals surface area contributed by atoms with Gasteiger partial charge in [0.05, 0.1) is 13.2 Å². The average Bonchev–Trinajstić information content (AvgIpc) is 2.88. The van der Waals surface area contributed by atoms with Crippen LogP contribution in [-0.2, 0) is 27.3 Å². The minimum absolute atomic E-state index is 0. The van der Waals surface area contributed by atoms with Gasteiger partial charge in [-0.1, -0.05) is 41.5 Å². The van der Waals surface area contributed by atoms with E-state index in [0.717, 1.165) is 32.4 Å². The van der Waals surface area contributed by atoms with Crippen molar-refractivity contribution in [2.45, 2.75) is 60.8 Å². The molecule has 0 aromatic rings. The molecule has 17 heteroatoms. The molecule has 1 aliphatic rings. The summed E-state index contributed by atoms with van der Waals surface area (Å²) in [6.07, 6.45) is 4.92. The molecule has 0 aliphatic carbocycles. The van der Waals surface area contributed by atoms with Crippen LogP contribution in [0, 0.1) is 0 Å². The summed E-state index contributed by atoms with van der Waals surface area (Å²) in [4.78, 5) is 31.2. The molecule has 230 valence electrons. The van der Waals surface area contributed by atoms with Gasteiger partial charge >= 0.3 is 25.6 Å². The molecule has 0 bridgehead atoms. The van der Waals surface area contributed by atoms with E-state index in [-0.39, 0.29) is 17.4 Å². The van der Waals surface area contributed by atoms with E-state index in [4.69, 9.17) is 20.5 Å². The van der Waals surface area contributed by atoms with E-state index in [1.165, 1.54) is 0 Å².